The van der Waals surface area contributed by atoms with E-state index >= 15 is 0 Å². The molecule has 2 aliphatic rings. The summed E-state index contributed by atoms with van der Waals surface area (Å²) in [6.07, 6.45) is 4.94. The first-order valence-electron chi connectivity index (χ1n) is 9.57. The third-order valence-electron chi connectivity index (χ3n) is 5.16. The Bertz CT molecular complexity index is 640. The first-order chi connectivity index (χ1) is 12.6. The standard InChI is InChI=1S/C18H28N4O4/c1-3-18(9-5-8-12-26-18)16-19-14(21-10-6-7-11-21)13-15(22(16)24)20-17(23)25-4-2/h13H,3-12H2,1-2H3,(H,20,23). The molecular formula is C18H28N4O4. The van der Waals surface area contributed by atoms with Crippen molar-refractivity contribution in [1.82, 2.24) is 4.98 Å². The van der Waals surface area contributed by atoms with Gasteiger partial charge in [0.1, 0.15) is 0 Å². The number of nitrogens with zero attached hydrogens (tertiary/aromatic N) is 3. The monoisotopic (exact) mass is 364 g/mol. The lowest BCUT2D eigenvalue weighted by Gasteiger charge is -2.35. The molecule has 26 heavy (non-hydrogen) atoms. The van der Waals surface area contributed by atoms with Gasteiger partial charge in [-0.3, -0.25) is 0 Å². The zero-order valence-corrected chi connectivity index (χ0v) is 15.6. The maximum atomic E-state index is 13.0. The quantitative estimate of drug-likeness (QED) is 0.638. The van der Waals surface area contributed by atoms with E-state index in [0.29, 0.717) is 29.4 Å². The van der Waals surface area contributed by atoms with Crippen LogP contribution in [0.1, 0.15) is 58.2 Å². The van der Waals surface area contributed by atoms with Crippen molar-refractivity contribution in [1.29, 1.82) is 0 Å². The number of hydrogen-bond acceptors (Lipinski definition) is 6. The van der Waals surface area contributed by atoms with Gasteiger partial charge in [0, 0.05) is 19.7 Å². The van der Waals surface area contributed by atoms with Gasteiger partial charge in [-0.2, -0.15) is 0 Å². The highest BCUT2D eigenvalue weighted by Gasteiger charge is 2.42. The molecule has 1 aromatic rings. The van der Waals surface area contributed by atoms with Gasteiger partial charge in [0.05, 0.1) is 12.7 Å². The van der Waals surface area contributed by atoms with E-state index in [9.17, 15) is 10.0 Å². The van der Waals surface area contributed by atoms with Crippen LogP contribution in [0.2, 0.25) is 0 Å². The van der Waals surface area contributed by atoms with Crippen molar-refractivity contribution in [2.75, 3.05) is 36.5 Å². The predicted molar refractivity (Wildman–Crippen MR) is 97.1 cm³/mol. The minimum Gasteiger partial charge on any atom is -0.740 e. The fraction of sp³-hybridized carbons (Fsp3) is 0.722. The Morgan fingerprint density at radius 1 is 1.38 bits per heavy atom. The lowest BCUT2D eigenvalue weighted by Crippen LogP contribution is -2.49. The van der Waals surface area contributed by atoms with Gasteiger partial charge >= 0.3 is 6.09 Å². The van der Waals surface area contributed by atoms with Crippen LogP contribution in [0.3, 0.4) is 0 Å². The van der Waals surface area contributed by atoms with E-state index in [1.165, 1.54) is 0 Å². The van der Waals surface area contributed by atoms with Gasteiger partial charge in [-0.05, 0) is 45.4 Å². The minimum atomic E-state index is -0.708. The summed E-state index contributed by atoms with van der Waals surface area (Å²) in [5.74, 6) is 1.17. The Balaban J connectivity index is 2.03. The number of amides is 1. The molecule has 8 heteroatoms. The summed E-state index contributed by atoms with van der Waals surface area (Å²) in [7, 11) is 0. The Labute approximate surface area is 154 Å². The molecule has 1 N–H and O–H groups in total. The van der Waals surface area contributed by atoms with E-state index in [1.807, 2.05) is 6.92 Å². The minimum absolute atomic E-state index is 0.136. The third kappa shape index (κ3) is 3.70. The molecule has 1 amide bonds. The Morgan fingerprint density at radius 2 is 2.15 bits per heavy atom. The highest BCUT2D eigenvalue weighted by atomic mass is 16.5. The predicted octanol–water partition coefficient (Wildman–Crippen LogP) is 2.69. The molecule has 1 unspecified atom stereocenters. The second-order valence-electron chi connectivity index (χ2n) is 6.81. The zero-order chi connectivity index (χ0) is 18.6. The number of ether oxygens (including phenoxy) is 2. The topological polar surface area (TPSA) is 90.6 Å². The molecule has 3 rings (SSSR count). The smallest absolute Gasteiger partial charge is 0.473 e. The molecular weight excluding hydrogens is 336 g/mol. The van der Waals surface area contributed by atoms with Crippen molar-refractivity contribution in [2.45, 2.75) is 58.0 Å². The normalized spacial score (nSPS) is 23.1. The Kier molecular flexibility index (Phi) is 5.80. The zero-order valence-electron chi connectivity index (χ0n) is 15.6. The number of nitrogens with one attached hydrogen (secondary N) is 1. The summed E-state index contributed by atoms with van der Waals surface area (Å²) in [5.41, 5.74) is -0.708. The molecule has 0 spiro atoms. The number of hydrogen-bond donors (Lipinski definition) is 1. The molecule has 0 radical (unpaired) electrons. The van der Waals surface area contributed by atoms with Crippen LogP contribution in [0.25, 0.3) is 0 Å². The maximum absolute atomic E-state index is 13.0. The largest absolute Gasteiger partial charge is 0.740 e. The average molecular weight is 364 g/mol. The number of rotatable bonds is 5. The van der Waals surface area contributed by atoms with Gasteiger partial charge in [-0.15, -0.1) is 0 Å². The number of anilines is 2. The van der Waals surface area contributed by atoms with Gasteiger partial charge in [0.2, 0.25) is 11.6 Å². The molecule has 0 aliphatic carbocycles. The third-order valence-corrected chi connectivity index (χ3v) is 5.16. The highest BCUT2D eigenvalue weighted by Crippen LogP contribution is 2.37. The van der Waals surface area contributed by atoms with Gasteiger partial charge in [0.15, 0.2) is 5.60 Å². The summed E-state index contributed by atoms with van der Waals surface area (Å²) < 4.78 is 11.7. The highest BCUT2D eigenvalue weighted by molar-refractivity contribution is 5.82. The summed E-state index contributed by atoms with van der Waals surface area (Å²) in [5, 5.41) is 15.6. The van der Waals surface area contributed by atoms with Gasteiger partial charge in [-0.1, -0.05) is 11.9 Å². The second-order valence-corrected chi connectivity index (χ2v) is 6.81. The molecule has 1 atom stereocenters. The van der Waals surface area contributed by atoms with Gasteiger partial charge < -0.3 is 19.6 Å². The van der Waals surface area contributed by atoms with Crippen LogP contribution < -0.4 is 14.9 Å². The molecule has 0 saturated carbocycles. The van der Waals surface area contributed by atoms with Gasteiger partial charge in [0.25, 0.3) is 5.82 Å². The Morgan fingerprint density at radius 3 is 2.77 bits per heavy atom. The molecule has 2 aliphatic heterocycles. The lowest BCUT2D eigenvalue weighted by atomic mass is 9.90. The van der Waals surface area contributed by atoms with Crippen LogP contribution in [0.5, 0.6) is 0 Å². The molecule has 2 saturated heterocycles. The van der Waals surface area contributed by atoms with Crippen molar-refractivity contribution in [2.24, 2.45) is 0 Å². The molecule has 144 valence electrons. The van der Waals surface area contributed by atoms with Crippen molar-refractivity contribution < 1.29 is 19.0 Å². The fourth-order valence-electron chi connectivity index (χ4n) is 3.70. The second kappa shape index (κ2) is 8.07. The summed E-state index contributed by atoms with van der Waals surface area (Å²) in [4.78, 5) is 18.7. The molecule has 0 bridgehead atoms. The first-order valence-corrected chi connectivity index (χ1v) is 9.57. The van der Waals surface area contributed by atoms with E-state index in [-0.39, 0.29) is 12.4 Å². The first kappa shape index (κ1) is 18.7. The van der Waals surface area contributed by atoms with Crippen LogP contribution >= 0.6 is 0 Å². The van der Waals surface area contributed by atoms with Crippen LogP contribution in [0, 0.1) is 5.21 Å². The van der Waals surface area contributed by atoms with Crippen LogP contribution in [0.15, 0.2) is 6.07 Å². The van der Waals surface area contributed by atoms with E-state index in [1.54, 1.807) is 13.0 Å². The van der Waals surface area contributed by atoms with Crippen LogP contribution in [0.4, 0.5) is 16.4 Å². The van der Waals surface area contributed by atoms with Crippen molar-refractivity contribution in [3.63, 3.8) is 0 Å². The van der Waals surface area contributed by atoms with Crippen LogP contribution in [-0.4, -0.2) is 37.4 Å². The van der Waals surface area contributed by atoms with E-state index in [2.05, 4.69) is 10.2 Å². The van der Waals surface area contributed by atoms with E-state index in [0.717, 1.165) is 45.2 Å². The maximum Gasteiger partial charge on any atom is 0.473 e. The van der Waals surface area contributed by atoms with Crippen molar-refractivity contribution in [3.8, 4) is 0 Å². The number of carbonyl (C=O) groups excluding carboxylic acids is 1. The van der Waals surface area contributed by atoms with Crippen LogP contribution in [-0.2, 0) is 15.1 Å². The molecule has 2 fully saturated rings. The molecule has 0 aromatic carbocycles. The number of aromatic nitrogens is 2. The Hall–Kier alpha value is -2.09. The van der Waals surface area contributed by atoms with Gasteiger partial charge in [-0.25, -0.2) is 14.8 Å². The fourth-order valence-corrected chi connectivity index (χ4v) is 3.70. The summed E-state index contributed by atoms with van der Waals surface area (Å²) in [6, 6.07) is 1.63. The van der Waals surface area contributed by atoms with Crippen molar-refractivity contribution in [3.05, 3.63) is 17.1 Å². The van der Waals surface area contributed by atoms with Crippen molar-refractivity contribution >= 4 is 17.7 Å². The van der Waals surface area contributed by atoms with E-state index in [4.69, 9.17) is 14.5 Å². The molecule has 1 aromatic heterocycles. The summed E-state index contributed by atoms with van der Waals surface area (Å²) >= 11 is 0. The number of carbonyl (C=O) groups is 1. The molecule has 3 heterocycles. The lowest BCUT2D eigenvalue weighted by molar-refractivity contribution is -0.613. The average Bonchev–Trinajstić information content (AvgIpc) is 3.19. The molecule has 8 nitrogen and oxygen atoms in total. The van der Waals surface area contributed by atoms with E-state index < -0.39 is 11.7 Å². The summed E-state index contributed by atoms with van der Waals surface area (Å²) in [6.45, 7) is 6.38. The SMILES string of the molecule is CCOC(=O)Nc1cc(N2CCCC2)nc(C2(CC)CCCCO2)[n+]1[O-].